The molecule has 0 spiro atoms. The Labute approximate surface area is 117 Å². The van der Waals surface area contributed by atoms with E-state index in [2.05, 4.69) is 22.0 Å². The molecule has 0 N–H and O–H groups in total. The summed E-state index contributed by atoms with van der Waals surface area (Å²) in [5.41, 5.74) is 0.922. The molecule has 1 unspecified atom stereocenters. The maximum atomic E-state index is 12.5. The normalized spacial score (nSPS) is 20.1. The highest BCUT2D eigenvalue weighted by Gasteiger charge is 2.23. The van der Waals surface area contributed by atoms with E-state index in [1.165, 1.54) is 6.42 Å². The number of rotatable bonds is 1. The molecule has 0 aromatic carbocycles. The van der Waals surface area contributed by atoms with Gasteiger partial charge in [0.2, 0.25) is 5.82 Å². The van der Waals surface area contributed by atoms with Crippen molar-refractivity contribution in [3.63, 3.8) is 0 Å². The molecule has 1 aliphatic rings. The standard InChI is InChI=1S/C14H19N5O/c1-10-4-3-8-18(9-6-10)13(20)12-16-14-15-7-5-11(2)19(14)17-12/h5,7,10H,3-4,6,8-9H2,1-2H3. The van der Waals surface area contributed by atoms with Gasteiger partial charge in [0.25, 0.3) is 11.7 Å². The number of aromatic nitrogens is 4. The summed E-state index contributed by atoms with van der Waals surface area (Å²) < 4.78 is 1.62. The van der Waals surface area contributed by atoms with Crippen LogP contribution < -0.4 is 0 Å². The molecule has 2 aromatic heterocycles. The van der Waals surface area contributed by atoms with Gasteiger partial charge in [0.05, 0.1) is 0 Å². The van der Waals surface area contributed by atoms with Gasteiger partial charge in [-0.2, -0.15) is 4.98 Å². The third kappa shape index (κ3) is 2.37. The van der Waals surface area contributed by atoms with Crippen molar-refractivity contribution < 1.29 is 4.79 Å². The molecule has 0 aliphatic carbocycles. The fourth-order valence-electron chi connectivity index (χ4n) is 2.60. The van der Waals surface area contributed by atoms with Crippen LogP contribution in [0.15, 0.2) is 12.3 Å². The number of carbonyl (C=O) groups is 1. The number of hydrogen-bond acceptors (Lipinski definition) is 4. The minimum absolute atomic E-state index is 0.0796. The van der Waals surface area contributed by atoms with Crippen molar-refractivity contribution in [1.82, 2.24) is 24.5 Å². The molecule has 3 heterocycles. The van der Waals surface area contributed by atoms with Gasteiger partial charge in [0, 0.05) is 25.0 Å². The Kier molecular flexibility index (Phi) is 3.38. The van der Waals surface area contributed by atoms with Gasteiger partial charge < -0.3 is 4.90 Å². The lowest BCUT2D eigenvalue weighted by Crippen LogP contribution is -2.32. The second-order valence-corrected chi connectivity index (χ2v) is 5.56. The highest BCUT2D eigenvalue weighted by molar-refractivity contribution is 5.90. The van der Waals surface area contributed by atoms with E-state index in [0.29, 0.717) is 11.7 Å². The van der Waals surface area contributed by atoms with E-state index in [-0.39, 0.29) is 11.7 Å². The van der Waals surface area contributed by atoms with E-state index in [9.17, 15) is 4.79 Å². The Balaban J connectivity index is 1.86. The molecule has 0 saturated carbocycles. The zero-order chi connectivity index (χ0) is 14.1. The van der Waals surface area contributed by atoms with E-state index in [4.69, 9.17) is 0 Å². The zero-order valence-corrected chi connectivity index (χ0v) is 11.9. The number of aryl methyl sites for hydroxylation is 1. The van der Waals surface area contributed by atoms with Crippen molar-refractivity contribution >= 4 is 11.7 Å². The van der Waals surface area contributed by atoms with E-state index in [1.54, 1.807) is 10.7 Å². The molecule has 1 amide bonds. The summed E-state index contributed by atoms with van der Waals surface area (Å²) >= 11 is 0. The van der Waals surface area contributed by atoms with E-state index in [1.807, 2.05) is 17.9 Å². The first-order chi connectivity index (χ1) is 9.65. The summed E-state index contributed by atoms with van der Waals surface area (Å²) in [7, 11) is 0. The van der Waals surface area contributed by atoms with Crippen molar-refractivity contribution in [3.8, 4) is 0 Å². The van der Waals surface area contributed by atoms with Crippen LogP contribution in [0.5, 0.6) is 0 Å². The molecule has 6 nitrogen and oxygen atoms in total. The zero-order valence-electron chi connectivity index (χ0n) is 11.9. The van der Waals surface area contributed by atoms with Crippen LogP contribution in [0.4, 0.5) is 0 Å². The summed E-state index contributed by atoms with van der Waals surface area (Å²) in [6.45, 7) is 5.75. The maximum absolute atomic E-state index is 12.5. The van der Waals surface area contributed by atoms with Gasteiger partial charge in [-0.1, -0.05) is 6.92 Å². The molecule has 3 rings (SSSR count). The second kappa shape index (κ2) is 5.19. The molecular formula is C14H19N5O. The molecular weight excluding hydrogens is 254 g/mol. The van der Waals surface area contributed by atoms with Crippen LogP contribution in [0, 0.1) is 12.8 Å². The van der Waals surface area contributed by atoms with E-state index >= 15 is 0 Å². The van der Waals surface area contributed by atoms with Gasteiger partial charge in [-0.15, -0.1) is 5.10 Å². The highest BCUT2D eigenvalue weighted by Crippen LogP contribution is 2.17. The first-order valence-corrected chi connectivity index (χ1v) is 7.13. The van der Waals surface area contributed by atoms with Crippen molar-refractivity contribution in [2.75, 3.05) is 13.1 Å². The molecule has 1 aliphatic heterocycles. The molecule has 1 fully saturated rings. The van der Waals surface area contributed by atoms with Crippen LogP contribution in [0.25, 0.3) is 5.78 Å². The largest absolute Gasteiger partial charge is 0.336 e. The lowest BCUT2D eigenvalue weighted by atomic mass is 10.0. The maximum Gasteiger partial charge on any atom is 0.293 e. The minimum Gasteiger partial charge on any atom is -0.336 e. The van der Waals surface area contributed by atoms with Crippen molar-refractivity contribution in [2.24, 2.45) is 5.92 Å². The lowest BCUT2D eigenvalue weighted by molar-refractivity contribution is 0.0748. The number of amides is 1. The molecule has 6 heteroatoms. The highest BCUT2D eigenvalue weighted by atomic mass is 16.2. The fourth-order valence-corrected chi connectivity index (χ4v) is 2.60. The van der Waals surface area contributed by atoms with Gasteiger partial charge in [-0.3, -0.25) is 4.79 Å². The number of carbonyl (C=O) groups excluding carboxylic acids is 1. The third-order valence-electron chi connectivity index (χ3n) is 3.93. The van der Waals surface area contributed by atoms with Gasteiger partial charge in [0.15, 0.2) is 0 Å². The Bertz CT molecular complexity index is 636. The predicted octanol–water partition coefficient (Wildman–Crippen LogP) is 1.69. The fraction of sp³-hybridized carbons (Fsp3) is 0.571. The topological polar surface area (TPSA) is 63.4 Å². The number of likely N-dealkylation sites (tertiary alicyclic amines) is 1. The first-order valence-electron chi connectivity index (χ1n) is 7.13. The van der Waals surface area contributed by atoms with Crippen molar-refractivity contribution in [1.29, 1.82) is 0 Å². The monoisotopic (exact) mass is 273 g/mol. The summed E-state index contributed by atoms with van der Waals surface area (Å²) in [6.07, 6.45) is 4.97. The SMILES string of the molecule is Cc1ccnc2nc(C(=O)N3CCCC(C)CC3)nn12. The molecule has 20 heavy (non-hydrogen) atoms. The first kappa shape index (κ1) is 13.0. The Hall–Kier alpha value is -1.98. The van der Waals surface area contributed by atoms with Crippen LogP contribution in [0.2, 0.25) is 0 Å². The van der Waals surface area contributed by atoms with Crippen molar-refractivity contribution in [2.45, 2.75) is 33.1 Å². The van der Waals surface area contributed by atoms with Crippen LogP contribution in [-0.2, 0) is 0 Å². The number of nitrogens with zero attached hydrogens (tertiary/aromatic N) is 5. The Morgan fingerprint density at radius 2 is 2.20 bits per heavy atom. The third-order valence-corrected chi connectivity index (χ3v) is 3.93. The molecule has 106 valence electrons. The smallest absolute Gasteiger partial charge is 0.293 e. The quantitative estimate of drug-likeness (QED) is 0.793. The van der Waals surface area contributed by atoms with E-state index in [0.717, 1.165) is 31.6 Å². The predicted molar refractivity (Wildman–Crippen MR) is 74.4 cm³/mol. The minimum atomic E-state index is -0.0796. The van der Waals surface area contributed by atoms with Crippen LogP contribution in [-0.4, -0.2) is 43.5 Å². The molecule has 2 aromatic rings. The van der Waals surface area contributed by atoms with E-state index < -0.39 is 0 Å². The summed E-state index contributed by atoms with van der Waals surface area (Å²) in [6, 6.07) is 1.85. The van der Waals surface area contributed by atoms with Crippen LogP contribution in [0.1, 0.15) is 42.5 Å². The van der Waals surface area contributed by atoms with Crippen LogP contribution >= 0.6 is 0 Å². The number of fused-ring (bicyclic) bond motifs is 1. The average molecular weight is 273 g/mol. The molecule has 0 radical (unpaired) electrons. The number of hydrogen-bond donors (Lipinski definition) is 0. The summed E-state index contributed by atoms with van der Waals surface area (Å²) in [5, 5.41) is 4.29. The van der Waals surface area contributed by atoms with Crippen molar-refractivity contribution in [3.05, 3.63) is 23.8 Å². The molecule has 0 bridgehead atoms. The van der Waals surface area contributed by atoms with Gasteiger partial charge in [-0.25, -0.2) is 9.50 Å². The summed E-state index contributed by atoms with van der Waals surface area (Å²) in [5.74, 6) is 1.34. The van der Waals surface area contributed by atoms with Gasteiger partial charge in [-0.05, 0) is 38.2 Å². The lowest BCUT2D eigenvalue weighted by Gasteiger charge is -2.18. The molecule has 1 atom stereocenters. The van der Waals surface area contributed by atoms with Crippen LogP contribution in [0.3, 0.4) is 0 Å². The molecule has 1 saturated heterocycles. The summed E-state index contributed by atoms with van der Waals surface area (Å²) in [4.78, 5) is 22.8. The van der Waals surface area contributed by atoms with Gasteiger partial charge in [0.1, 0.15) is 0 Å². The van der Waals surface area contributed by atoms with Gasteiger partial charge >= 0.3 is 0 Å². The average Bonchev–Trinajstić information content (AvgIpc) is 2.76. The Morgan fingerprint density at radius 1 is 1.35 bits per heavy atom. The second-order valence-electron chi connectivity index (χ2n) is 5.56. The Morgan fingerprint density at radius 3 is 3.00 bits per heavy atom.